The van der Waals surface area contributed by atoms with Crippen molar-refractivity contribution in [1.29, 1.82) is 0 Å². The Morgan fingerprint density at radius 1 is 1.44 bits per heavy atom. The SMILES string of the molecule is Cc1nc([C@](C)(O)C#Cc2ccc[c]([In]3[CH]=CC(C(N)=O)=[CH]3)c2)no1. The van der Waals surface area contributed by atoms with Crippen molar-refractivity contribution in [3.63, 3.8) is 0 Å². The fourth-order valence-electron chi connectivity index (χ4n) is 2.45. The molecule has 1 aromatic heterocycles. The molecule has 0 bridgehead atoms. The molecule has 2 aromatic rings. The van der Waals surface area contributed by atoms with Gasteiger partial charge in [-0.05, 0) is 0 Å². The first-order valence-corrected chi connectivity index (χ1v) is 13.2. The number of amides is 1. The van der Waals surface area contributed by atoms with Crippen LogP contribution in [0.3, 0.4) is 0 Å². The number of aromatic nitrogens is 2. The van der Waals surface area contributed by atoms with Gasteiger partial charge in [0, 0.05) is 0 Å². The molecule has 1 atom stereocenters. The van der Waals surface area contributed by atoms with Crippen molar-refractivity contribution in [3.05, 3.63) is 60.9 Å². The van der Waals surface area contributed by atoms with Gasteiger partial charge < -0.3 is 0 Å². The van der Waals surface area contributed by atoms with Gasteiger partial charge >= 0.3 is 153 Å². The minimum absolute atomic E-state index is 0.139. The van der Waals surface area contributed by atoms with Crippen molar-refractivity contribution in [1.82, 2.24) is 10.1 Å². The molecular weight excluding hydrogens is 421 g/mol. The van der Waals surface area contributed by atoms with Crippen molar-refractivity contribution in [2.45, 2.75) is 19.4 Å². The number of hydrogen-bond donors (Lipinski definition) is 2. The summed E-state index contributed by atoms with van der Waals surface area (Å²) in [5.74, 6) is 5.87. The maximum absolute atomic E-state index is 11.3. The molecule has 124 valence electrons. The number of benzene rings is 1. The quantitative estimate of drug-likeness (QED) is 0.678. The Kier molecular flexibility index (Phi) is 4.84. The van der Waals surface area contributed by atoms with Crippen molar-refractivity contribution < 1.29 is 14.4 Å². The Balaban J connectivity index is 1.84. The molecule has 0 saturated heterocycles. The Morgan fingerprint density at radius 2 is 2.24 bits per heavy atom. The topological polar surface area (TPSA) is 102 Å². The van der Waals surface area contributed by atoms with Crippen LogP contribution in [0.15, 0.2) is 48.1 Å². The van der Waals surface area contributed by atoms with Crippen LogP contribution < -0.4 is 9.05 Å². The molecule has 2 heterocycles. The molecule has 0 spiro atoms. The second-order valence-electron chi connectivity index (χ2n) is 5.96. The molecule has 1 aliphatic rings. The molecule has 3 N–H and O–H groups in total. The Hall–Kier alpha value is -2.30. The summed E-state index contributed by atoms with van der Waals surface area (Å²) in [6, 6.07) is 7.83. The zero-order chi connectivity index (χ0) is 18.0. The number of rotatable bonds is 3. The van der Waals surface area contributed by atoms with Crippen LogP contribution in [-0.4, -0.2) is 42.6 Å². The summed E-state index contributed by atoms with van der Waals surface area (Å²) in [5, 5.41) is 14.1. The molecule has 0 unspecified atom stereocenters. The van der Waals surface area contributed by atoms with Crippen LogP contribution in [0.2, 0.25) is 0 Å². The Bertz CT molecular complexity index is 948. The van der Waals surface area contributed by atoms with Crippen molar-refractivity contribution in [2.75, 3.05) is 0 Å². The Morgan fingerprint density at radius 3 is 2.88 bits per heavy atom. The van der Waals surface area contributed by atoms with Gasteiger partial charge in [-0.2, -0.15) is 0 Å². The van der Waals surface area contributed by atoms with Gasteiger partial charge in [0.25, 0.3) is 0 Å². The van der Waals surface area contributed by atoms with E-state index in [-0.39, 0.29) is 5.82 Å². The van der Waals surface area contributed by atoms with Gasteiger partial charge in [-0.1, -0.05) is 0 Å². The summed E-state index contributed by atoms with van der Waals surface area (Å²) in [6.07, 6.45) is 1.81. The first-order valence-electron chi connectivity index (χ1n) is 7.71. The summed E-state index contributed by atoms with van der Waals surface area (Å²) in [4.78, 5) is 15.3. The molecule has 0 saturated carbocycles. The van der Waals surface area contributed by atoms with E-state index >= 15 is 0 Å². The molecule has 1 amide bonds. The number of nitrogens with zero attached hydrogens (tertiary/aromatic N) is 2. The average Bonchev–Trinajstić information content (AvgIpc) is 3.23. The number of nitrogens with two attached hydrogens (primary N) is 1. The molecular formula is C18H16InN3O3. The maximum atomic E-state index is 11.3. The van der Waals surface area contributed by atoms with Crippen molar-refractivity contribution >= 4 is 30.7 Å². The third kappa shape index (κ3) is 4.03. The zero-order valence-corrected chi connectivity index (χ0v) is 17.1. The monoisotopic (exact) mass is 437 g/mol. The molecule has 0 radical (unpaired) electrons. The van der Waals surface area contributed by atoms with E-state index in [9.17, 15) is 9.90 Å². The van der Waals surface area contributed by atoms with Crippen LogP contribution in [-0.2, 0) is 10.4 Å². The molecule has 1 aromatic carbocycles. The predicted molar refractivity (Wildman–Crippen MR) is 93.7 cm³/mol. The van der Waals surface area contributed by atoms with Crippen LogP contribution >= 0.6 is 0 Å². The summed E-state index contributed by atoms with van der Waals surface area (Å²) >= 11 is -2.28. The number of aryl methyl sites for hydroxylation is 1. The zero-order valence-electron chi connectivity index (χ0n) is 13.9. The molecule has 25 heavy (non-hydrogen) atoms. The first kappa shape index (κ1) is 17.5. The Labute approximate surface area is 153 Å². The molecule has 0 aliphatic carbocycles. The van der Waals surface area contributed by atoms with Gasteiger partial charge in [-0.15, -0.1) is 0 Å². The molecule has 6 nitrogen and oxygen atoms in total. The van der Waals surface area contributed by atoms with Crippen LogP contribution in [0.5, 0.6) is 0 Å². The fourth-order valence-corrected chi connectivity index (χ4v) is 9.04. The van der Waals surface area contributed by atoms with Crippen LogP contribution in [0.4, 0.5) is 0 Å². The number of carbonyl (C=O) groups is 1. The summed E-state index contributed by atoms with van der Waals surface area (Å²) in [6.45, 7) is 3.18. The van der Waals surface area contributed by atoms with E-state index in [0.717, 1.165) is 5.56 Å². The standard InChI is InChI=1S/C13H11N2O2.C5H5NO.In/c1-10-14-12(15-17-10)13(2,16)9-8-11-6-4-3-5-7-11;1-3-4(2)5(6)7;/h3-4,6-7,16H,1-2H3;1-3H,(H2,6,7);/t13-;;/m1../s1. The molecule has 7 heteroatoms. The van der Waals surface area contributed by atoms with E-state index < -0.39 is 32.9 Å². The van der Waals surface area contributed by atoms with E-state index in [1.165, 1.54) is 10.2 Å². The van der Waals surface area contributed by atoms with Gasteiger partial charge in [-0.3, -0.25) is 0 Å². The minimum atomic E-state index is -2.28. The second kappa shape index (κ2) is 6.90. The number of primary amides is 1. The van der Waals surface area contributed by atoms with Crippen LogP contribution in [0.25, 0.3) is 0 Å². The molecule has 1 aliphatic heterocycles. The third-order valence-corrected chi connectivity index (χ3v) is 10.8. The summed E-state index contributed by atoms with van der Waals surface area (Å²) in [7, 11) is 0. The first-order chi connectivity index (χ1) is 11.8. The molecule has 0 fully saturated rings. The predicted octanol–water partition coefficient (Wildman–Crippen LogP) is 0.399. The summed E-state index contributed by atoms with van der Waals surface area (Å²) < 4.78 is 10.2. The second-order valence-corrected chi connectivity index (χ2v) is 12.9. The number of aliphatic hydroxyl groups is 1. The normalized spacial score (nSPS) is 15.3. The molecule has 3 rings (SSSR count). The van der Waals surface area contributed by atoms with Crippen LogP contribution in [0, 0.1) is 18.8 Å². The van der Waals surface area contributed by atoms with Gasteiger partial charge in [0.1, 0.15) is 0 Å². The third-order valence-electron chi connectivity index (χ3n) is 3.81. The van der Waals surface area contributed by atoms with Gasteiger partial charge in [0.15, 0.2) is 0 Å². The summed E-state index contributed by atoms with van der Waals surface area (Å²) in [5.41, 5.74) is 5.20. The number of carbonyl (C=O) groups excluding carboxylic acids is 1. The van der Waals surface area contributed by atoms with Gasteiger partial charge in [0.05, 0.1) is 0 Å². The van der Waals surface area contributed by atoms with E-state index in [1.54, 1.807) is 6.92 Å². The average molecular weight is 437 g/mol. The van der Waals surface area contributed by atoms with Crippen LogP contribution in [0.1, 0.15) is 24.2 Å². The van der Waals surface area contributed by atoms with E-state index in [0.29, 0.717) is 11.5 Å². The fraction of sp³-hybridized carbons (Fsp3) is 0.167. The van der Waals surface area contributed by atoms with E-state index in [4.69, 9.17) is 10.3 Å². The van der Waals surface area contributed by atoms with Crippen molar-refractivity contribution in [3.8, 4) is 11.8 Å². The van der Waals surface area contributed by atoms with Gasteiger partial charge in [-0.25, -0.2) is 0 Å². The van der Waals surface area contributed by atoms with E-state index in [1.807, 2.05) is 34.2 Å². The van der Waals surface area contributed by atoms with E-state index in [2.05, 4.69) is 25.8 Å². The van der Waals surface area contributed by atoms with Crippen molar-refractivity contribution in [2.24, 2.45) is 5.73 Å². The van der Waals surface area contributed by atoms with Gasteiger partial charge in [0.2, 0.25) is 0 Å². The number of hydrogen-bond acceptors (Lipinski definition) is 5.